The van der Waals surface area contributed by atoms with Crippen molar-refractivity contribution in [1.29, 1.82) is 0 Å². The molecule has 0 bridgehead atoms. The first kappa shape index (κ1) is 21.9. The van der Waals surface area contributed by atoms with Crippen LogP contribution >= 0.6 is 11.6 Å². The second kappa shape index (κ2) is 9.20. The van der Waals surface area contributed by atoms with Crippen LogP contribution in [0.3, 0.4) is 0 Å². The first-order valence-corrected chi connectivity index (χ1v) is 9.53. The Hall–Kier alpha value is -2.40. The lowest BCUT2D eigenvalue weighted by Crippen LogP contribution is -2.52. The fourth-order valence-corrected chi connectivity index (χ4v) is 2.85. The number of rotatable bonds is 6. The van der Waals surface area contributed by atoms with Crippen molar-refractivity contribution < 1.29 is 14.0 Å². The predicted molar refractivity (Wildman–Crippen MR) is 109 cm³/mol. The molecule has 2 aromatic rings. The Morgan fingerprint density at radius 3 is 2.11 bits per heavy atom. The van der Waals surface area contributed by atoms with E-state index in [0.717, 1.165) is 5.56 Å². The van der Waals surface area contributed by atoms with Gasteiger partial charge in [0.05, 0.1) is 6.42 Å². The molecule has 0 heterocycles. The van der Waals surface area contributed by atoms with Gasteiger partial charge in [0.25, 0.3) is 0 Å². The molecule has 6 heteroatoms. The lowest BCUT2D eigenvalue weighted by atomic mass is 10.1. The molecule has 0 saturated heterocycles. The molecule has 4 nitrogen and oxygen atoms in total. The number of hydrogen-bond donors (Lipinski definition) is 1. The van der Waals surface area contributed by atoms with E-state index in [1.54, 1.807) is 31.2 Å². The van der Waals surface area contributed by atoms with Gasteiger partial charge in [-0.3, -0.25) is 9.59 Å². The Morgan fingerprint density at radius 2 is 1.57 bits per heavy atom. The Kier molecular flexibility index (Phi) is 7.19. The Bertz CT molecular complexity index is 814. The highest BCUT2D eigenvalue weighted by Gasteiger charge is 2.28. The first-order valence-electron chi connectivity index (χ1n) is 9.15. The summed E-state index contributed by atoms with van der Waals surface area (Å²) in [5, 5.41) is 3.52. The summed E-state index contributed by atoms with van der Waals surface area (Å²) in [7, 11) is 0. The van der Waals surface area contributed by atoms with Gasteiger partial charge in [-0.15, -0.1) is 0 Å². The second-order valence-corrected chi connectivity index (χ2v) is 8.30. The van der Waals surface area contributed by atoms with Gasteiger partial charge in [-0.2, -0.15) is 0 Å². The summed E-state index contributed by atoms with van der Waals surface area (Å²) in [4.78, 5) is 27.2. The van der Waals surface area contributed by atoms with Crippen LogP contribution in [0.15, 0.2) is 48.5 Å². The third-order valence-electron chi connectivity index (χ3n) is 4.20. The molecule has 2 aromatic carbocycles. The number of benzene rings is 2. The van der Waals surface area contributed by atoms with E-state index in [0.29, 0.717) is 10.6 Å². The fraction of sp³-hybridized carbons (Fsp3) is 0.364. The van der Waals surface area contributed by atoms with Crippen LogP contribution in [0.25, 0.3) is 0 Å². The van der Waals surface area contributed by atoms with E-state index < -0.39 is 11.6 Å². The number of carbonyl (C=O) groups excluding carboxylic acids is 2. The van der Waals surface area contributed by atoms with E-state index in [2.05, 4.69) is 5.32 Å². The van der Waals surface area contributed by atoms with E-state index >= 15 is 0 Å². The van der Waals surface area contributed by atoms with Gasteiger partial charge in [0, 0.05) is 17.1 Å². The quantitative estimate of drug-likeness (QED) is 0.777. The minimum absolute atomic E-state index is 0.0843. The van der Waals surface area contributed by atoms with Gasteiger partial charge in [-0.25, -0.2) is 4.39 Å². The van der Waals surface area contributed by atoms with Crippen LogP contribution in [-0.2, 0) is 22.6 Å². The summed E-state index contributed by atoms with van der Waals surface area (Å²) in [5.74, 6) is -0.792. The minimum Gasteiger partial charge on any atom is -0.350 e. The molecular formula is C22H26ClFN2O2. The van der Waals surface area contributed by atoms with E-state index in [1.807, 2.05) is 32.9 Å². The monoisotopic (exact) mass is 404 g/mol. The molecule has 28 heavy (non-hydrogen) atoms. The van der Waals surface area contributed by atoms with Gasteiger partial charge in [0.1, 0.15) is 11.9 Å². The third kappa shape index (κ3) is 6.64. The van der Waals surface area contributed by atoms with Gasteiger partial charge in [0.15, 0.2) is 0 Å². The van der Waals surface area contributed by atoms with E-state index in [-0.39, 0.29) is 30.6 Å². The molecule has 0 aromatic heterocycles. The molecule has 0 spiro atoms. The van der Waals surface area contributed by atoms with E-state index in [9.17, 15) is 14.0 Å². The average molecular weight is 405 g/mol. The van der Waals surface area contributed by atoms with Crippen LogP contribution in [0.5, 0.6) is 0 Å². The summed E-state index contributed by atoms with van der Waals surface area (Å²) in [6.45, 7) is 7.65. The summed E-state index contributed by atoms with van der Waals surface area (Å²) < 4.78 is 13.1. The summed E-state index contributed by atoms with van der Waals surface area (Å²) in [6, 6.07) is 12.3. The van der Waals surface area contributed by atoms with Crippen molar-refractivity contribution >= 4 is 23.4 Å². The highest BCUT2D eigenvalue weighted by Crippen LogP contribution is 2.16. The summed E-state index contributed by atoms with van der Waals surface area (Å²) in [6.07, 6.45) is 0.0843. The zero-order valence-electron chi connectivity index (χ0n) is 16.6. The van der Waals surface area contributed by atoms with Crippen LogP contribution in [-0.4, -0.2) is 28.3 Å². The number of halogens is 2. The lowest BCUT2D eigenvalue weighted by Gasteiger charge is -2.31. The Labute approximate surface area is 170 Å². The third-order valence-corrected chi connectivity index (χ3v) is 4.45. The van der Waals surface area contributed by atoms with Crippen LogP contribution in [0.1, 0.15) is 38.8 Å². The number of nitrogens with one attached hydrogen (secondary N) is 1. The zero-order chi connectivity index (χ0) is 20.9. The number of hydrogen-bond acceptors (Lipinski definition) is 2. The SMILES string of the molecule is C[C@@H](C(=O)NC(C)(C)C)N(Cc1ccc(Cl)cc1)C(=O)Cc1ccc(F)cc1. The largest absolute Gasteiger partial charge is 0.350 e. The first-order chi connectivity index (χ1) is 13.0. The van der Waals surface area contributed by atoms with Gasteiger partial charge in [0.2, 0.25) is 11.8 Å². The molecule has 0 aliphatic carbocycles. The van der Waals surface area contributed by atoms with Crippen LogP contribution in [0.2, 0.25) is 5.02 Å². The van der Waals surface area contributed by atoms with Crippen molar-refractivity contribution in [2.45, 2.75) is 52.2 Å². The van der Waals surface area contributed by atoms with Crippen molar-refractivity contribution in [2.24, 2.45) is 0 Å². The maximum Gasteiger partial charge on any atom is 0.242 e. The molecule has 150 valence electrons. The van der Waals surface area contributed by atoms with E-state index in [1.165, 1.54) is 17.0 Å². The van der Waals surface area contributed by atoms with Crippen LogP contribution in [0, 0.1) is 5.82 Å². The lowest BCUT2D eigenvalue weighted by molar-refractivity contribution is -0.140. The smallest absolute Gasteiger partial charge is 0.242 e. The predicted octanol–water partition coefficient (Wildman–Crippen LogP) is 4.35. The van der Waals surface area contributed by atoms with Crippen LogP contribution < -0.4 is 5.32 Å². The molecule has 0 unspecified atom stereocenters. The molecule has 0 fully saturated rings. The maximum atomic E-state index is 13.1. The van der Waals surface area contributed by atoms with Crippen molar-refractivity contribution in [2.75, 3.05) is 0 Å². The fourth-order valence-electron chi connectivity index (χ4n) is 2.72. The molecule has 0 radical (unpaired) electrons. The van der Waals surface area contributed by atoms with Crippen molar-refractivity contribution in [1.82, 2.24) is 10.2 Å². The summed E-state index contributed by atoms with van der Waals surface area (Å²) >= 11 is 5.94. The highest BCUT2D eigenvalue weighted by molar-refractivity contribution is 6.30. The van der Waals surface area contributed by atoms with Crippen molar-refractivity contribution in [3.05, 3.63) is 70.5 Å². The molecule has 2 amide bonds. The van der Waals surface area contributed by atoms with Gasteiger partial charge >= 0.3 is 0 Å². The second-order valence-electron chi connectivity index (χ2n) is 7.87. The molecule has 0 saturated carbocycles. The van der Waals surface area contributed by atoms with Gasteiger partial charge < -0.3 is 10.2 Å². The molecule has 0 aliphatic heterocycles. The average Bonchev–Trinajstić information content (AvgIpc) is 2.61. The molecule has 0 aliphatic rings. The molecule has 1 atom stereocenters. The van der Waals surface area contributed by atoms with Gasteiger partial charge in [-0.05, 0) is 63.1 Å². The highest BCUT2D eigenvalue weighted by atomic mass is 35.5. The standard InChI is InChI=1S/C22H26ClFN2O2/c1-15(21(28)25-22(2,3)4)26(14-17-5-9-18(23)10-6-17)20(27)13-16-7-11-19(24)12-8-16/h5-12,15H,13-14H2,1-4H3,(H,25,28)/t15-/m0/s1. The van der Waals surface area contributed by atoms with Crippen molar-refractivity contribution in [3.8, 4) is 0 Å². The van der Waals surface area contributed by atoms with E-state index in [4.69, 9.17) is 11.6 Å². The molecule has 1 N–H and O–H groups in total. The topological polar surface area (TPSA) is 49.4 Å². The minimum atomic E-state index is -0.664. The van der Waals surface area contributed by atoms with Crippen molar-refractivity contribution in [3.63, 3.8) is 0 Å². The normalized spacial score (nSPS) is 12.4. The summed E-state index contributed by atoms with van der Waals surface area (Å²) in [5.41, 5.74) is 1.15. The Morgan fingerprint density at radius 1 is 1.04 bits per heavy atom. The maximum absolute atomic E-state index is 13.1. The Balaban J connectivity index is 2.23. The number of nitrogens with zero attached hydrogens (tertiary/aromatic N) is 1. The molecular weight excluding hydrogens is 379 g/mol. The number of carbonyl (C=O) groups is 2. The zero-order valence-corrected chi connectivity index (χ0v) is 17.4. The van der Waals surface area contributed by atoms with Crippen LogP contribution in [0.4, 0.5) is 4.39 Å². The number of amides is 2. The molecule has 2 rings (SSSR count). The van der Waals surface area contributed by atoms with Gasteiger partial charge in [-0.1, -0.05) is 35.9 Å².